The van der Waals surface area contributed by atoms with Gasteiger partial charge in [-0.15, -0.1) is 0 Å². The van der Waals surface area contributed by atoms with Gasteiger partial charge in [0.1, 0.15) is 0 Å². The number of hydrogen-bond donors (Lipinski definition) is 1. The van der Waals surface area contributed by atoms with Crippen LogP contribution in [0, 0.1) is 0 Å². The molecule has 0 atom stereocenters. The Bertz CT molecular complexity index is 394. The van der Waals surface area contributed by atoms with E-state index in [2.05, 4.69) is 29.2 Å². The van der Waals surface area contributed by atoms with Crippen molar-refractivity contribution >= 4 is 5.69 Å². The molecular weight excluding hydrogens is 242 g/mol. The highest BCUT2D eigenvalue weighted by Crippen LogP contribution is 2.33. The lowest BCUT2D eigenvalue weighted by atomic mass is 10.3. The summed E-state index contributed by atoms with van der Waals surface area (Å²) in [4.78, 5) is 4.72. The zero-order valence-electron chi connectivity index (χ0n) is 12.0. The number of fused-ring (bicyclic) bond motifs is 1. The second-order valence-corrected chi connectivity index (χ2v) is 4.92. The van der Waals surface area contributed by atoms with Crippen LogP contribution in [0.15, 0.2) is 18.2 Å². The SMILES string of the molecule is CN1CCN(C)CC1.CNc1ccc2c(c1)OCO2. The van der Waals surface area contributed by atoms with E-state index in [9.17, 15) is 0 Å². The summed E-state index contributed by atoms with van der Waals surface area (Å²) in [5.74, 6) is 1.64. The fourth-order valence-electron chi connectivity index (χ4n) is 1.96. The molecule has 0 saturated carbocycles. The van der Waals surface area contributed by atoms with E-state index in [1.807, 2.05) is 25.2 Å². The molecule has 2 aliphatic heterocycles. The molecule has 19 heavy (non-hydrogen) atoms. The number of ether oxygens (including phenoxy) is 2. The third-order valence-electron chi connectivity index (χ3n) is 3.39. The van der Waals surface area contributed by atoms with E-state index < -0.39 is 0 Å². The molecular formula is C14H23N3O2. The second-order valence-electron chi connectivity index (χ2n) is 4.92. The van der Waals surface area contributed by atoms with Crippen molar-refractivity contribution in [3.05, 3.63) is 18.2 Å². The molecule has 1 aromatic carbocycles. The highest BCUT2D eigenvalue weighted by Gasteiger charge is 2.12. The van der Waals surface area contributed by atoms with Gasteiger partial charge < -0.3 is 24.6 Å². The van der Waals surface area contributed by atoms with Gasteiger partial charge in [0, 0.05) is 45.0 Å². The number of rotatable bonds is 1. The molecule has 5 heteroatoms. The predicted octanol–water partition coefficient (Wildman–Crippen LogP) is 1.32. The quantitative estimate of drug-likeness (QED) is 0.829. The number of nitrogens with zero attached hydrogens (tertiary/aromatic N) is 2. The third-order valence-corrected chi connectivity index (χ3v) is 3.39. The molecule has 2 heterocycles. The van der Waals surface area contributed by atoms with Crippen LogP contribution in [0.3, 0.4) is 0 Å². The first-order valence-corrected chi connectivity index (χ1v) is 6.63. The molecule has 0 unspecified atom stereocenters. The first-order valence-electron chi connectivity index (χ1n) is 6.63. The van der Waals surface area contributed by atoms with Crippen LogP contribution in [0.2, 0.25) is 0 Å². The Hall–Kier alpha value is -1.46. The van der Waals surface area contributed by atoms with Crippen LogP contribution in [0.4, 0.5) is 5.69 Å². The lowest BCUT2D eigenvalue weighted by molar-refractivity contribution is 0.174. The first-order chi connectivity index (χ1) is 9.19. The van der Waals surface area contributed by atoms with Crippen LogP contribution in [0.5, 0.6) is 11.5 Å². The van der Waals surface area contributed by atoms with E-state index in [-0.39, 0.29) is 0 Å². The fourth-order valence-corrected chi connectivity index (χ4v) is 1.96. The summed E-state index contributed by atoms with van der Waals surface area (Å²) < 4.78 is 10.3. The van der Waals surface area contributed by atoms with Crippen molar-refractivity contribution in [1.29, 1.82) is 0 Å². The van der Waals surface area contributed by atoms with E-state index in [0.717, 1.165) is 17.2 Å². The first kappa shape index (κ1) is 14.0. The monoisotopic (exact) mass is 265 g/mol. The molecule has 1 fully saturated rings. The average Bonchev–Trinajstić information content (AvgIpc) is 2.90. The van der Waals surface area contributed by atoms with Gasteiger partial charge in [0.15, 0.2) is 11.5 Å². The van der Waals surface area contributed by atoms with Crippen molar-refractivity contribution in [2.75, 3.05) is 59.4 Å². The van der Waals surface area contributed by atoms with Gasteiger partial charge in [0.25, 0.3) is 0 Å². The van der Waals surface area contributed by atoms with Crippen molar-refractivity contribution < 1.29 is 9.47 Å². The predicted molar refractivity (Wildman–Crippen MR) is 77.1 cm³/mol. The molecule has 106 valence electrons. The molecule has 1 N–H and O–H groups in total. The normalized spacial score (nSPS) is 18.7. The van der Waals surface area contributed by atoms with Gasteiger partial charge in [-0.1, -0.05) is 0 Å². The molecule has 2 aliphatic rings. The second kappa shape index (κ2) is 6.63. The van der Waals surface area contributed by atoms with Crippen LogP contribution in [0.25, 0.3) is 0 Å². The van der Waals surface area contributed by atoms with Crippen molar-refractivity contribution in [1.82, 2.24) is 9.80 Å². The molecule has 0 spiro atoms. The Morgan fingerprint density at radius 3 is 2.11 bits per heavy atom. The number of benzene rings is 1. The molecule has 1 aromatic rings. The molecule has 0 amide bonds. The third kappa shape index (κ3) is 4.01. The summed E-state index contributed by atoms with van der Waals surface area (Å²) in [5.41, 5.74) is 1.04. The van der Waals surface area contributed by atoms with Crippen LogP contribution in [-0.4, -0.2) is 63.9 Å². The Morgan fingerprint density at radius 1 is 0.947 bits per heavy atom. The number of piperazine rings is 1. The summed E-state index contributed by atoms with van der Waals surface area (Å²) in [5, 5.41) is 3.02. The van der Waals surface area contributed by atoms with E-state index >= 15 is 0 Å². The van der Waals surface area contributed by atoms with Crippen LogP contribution in [-0.2, 0) is 0 Å². The lowest BCUT2D eigenvalue weighted by Crippen LogP contribution is -2.42. The Labute approximate surface area is 115 Å². The number of nitrogens with one attached hydrogen (secondary N) is 1. The zero-order chi connectivity index (χ0) is 13.7. The Morgan fingerprint density at radius 2 is 1.53 bits per heavy atom. The minimum absolute atomic E-state index is 0.336. The maximum Gasteiger partial charge on any atom is 0.231 e. The van der Waals surface area contributed by atoms with Crippen molar-refractivity contribution in [2.45, 2.75) is 0 Å². The molecule has 0 bridgehead atoms. The van der Waals surface area contributed by atoms with Gasteiger partial charge in [-0.3, -0.25) is 0 Å². The highest BCUT2D eigenvalue weighted by molar-refractivity contribution is 5.55. The lowest BCUT2D eigenvalue weighted by Gasteiger charge is -2.28. The van der Waals surface area contributed by atoms with Crippen LogP contribution in [0.1, 0.15) is 0 Å². The summed E-state index contributed by atoms with van der Waals surface area (Å²) >= 11 is 0. The Balaban J connectivity index is 0.000000148. The van der Waals surface area contributed by atoms with E-state index in [1.165, 1.54) is 26.2 Å². The zero-order valence-corrected chi connectivity index (χ0v) is 12.0. The molecule has 0 radical (unpaired) electrons. The van der Waals surface area contributed by atoms with Crippen molar-refractivity contribution in [3.63, 3.8) is 0 Å². The van der Waals surface area contributed by atoms with Crippen molar-refractivity contribution in [3.8, 4) is 11.5 Å². The van der Waals surface area contributed by atoms with Crippen molar-refractivity contribution in [2.24, 2.45) is 0 Å². The van der Waals surface area contributed by atoms with Gasteiger partial charge in [-0.2, -0.15) is 0 Å². The molecule has 3 rings (SSSR count). The summed E-state index contributed by atoms with van der Waals surface area (Å²) in [7, 11) is 6.22. The standard InChI is InChI=1S/C8H9NO2.C6H14N2/c1-9-6-2-3-7-8(4-6)11-5-10-7;1-7-3-5-8(2)6-4-7/h2-4,9H,5H2,1H3;3-6H2,1-2H3. The minimum atomic E-state index is 0.336. The number of anilines is 1. The van der Waals surface area contributed by atoms with Gasteiger partial charge in [-0.25, -0.2) is 0 Å². The van der Waals surface area contributed by atoms with Crippen LogP contribution >= 0.6 is 0 Å². The van der Waals surface area contributed by atoms with Gasteiger partial charge in [-0.05, 0) is 26.2 Å². The van der Waals surface area contributed by atoms with Gasteiger partial charge in [0.05, 0.1) is 0 Å². The minimum Gasteiger partial charge on any atom is -0.454 e. The van der Waals surface area contributed by atoms with Crippen LogP contribution < -0.4 is 14.8 Å². The van der Waals surface area contributed by atoms with E-state index in [1.54, 1.807) is 0 Å². The maximum absolute atomic E-state index is 5.18. The number of likely N-dealkylation sites (N-methyl/N-ethyl adjacent to an activating group) is 2. The molecule has 0 aliphatic carbocycles. The molecule has 0 aromatic heterocycles. The molecule has 1 saturated heterocycles. The van der Waals surface area contributed by atoms with Gasteiger partial charge in [0.2, 0.25) is 6.79 Å². The van der Waals surface area contributed by atoms with Gasteiger partial charge >= 0.3 is 0 Å². The number of hydrogen-bond acceptors (Lipinski definition) is 5. The largest absolute Gasteiger partial charge is 0.454 e. The maximum atomic E-state index is 5.18. The smallest absolute Gasteiger partial charge is 0.231 e. The fraction of sp³-hybridized carbons (Fsp3) is 0.571. The van der Waals surface area contributed by atoms with E-state index in [4.69, 9.17) is 9.47 Å². The topological polar surface area (TPSA) is 37.0 Å². The Kier molecular flexibility index (Phi) is 4.87. The van der Waals surface area contributed by atoms with E-state index in [0.29, 0.717) is 6.79 Å². The highest BCUT2D eigenvalue weighted by atomic mass is 16.7. The summed E-state index contributed by atoms with van der Waals surface area (Å²) in [6.07, 6.45) is 0. The summed E-state index contributed by atoms with van der Waals surface area (Å²) in [6.45, 7) is 5.27. The average molecular weight is 265 g/mol. The summed E-state index contributed by atoms with van der Waals surface area (Å²) in [6, 6.07) is 5.77. The molecule has 5 nitrogen and oxygen atoms in total.